The maximum absolute atomic E-state index is 6.01. The highest BCUT2D eigenvalue weighted by Crippen LogP contribution is 2.31. The molecule has 1 heterocycles. The molecule has 0 aliphatic heterocycles. The van der Waals surface area contributed by atoms with Crippen LogP contribution in [0.2, 0.25) is 0 Å². The molecule has 0 spiro atoms. The van der Waals surface area contributed by atoms with Crippen molar-refractivity contribution in [3.05, 3.63) is 40.9 Å². The Morgan fingerprint density at radius 3 is 2.71 bits per heavy atom. The van der Waals surface area contributed by atoms with Gasteiger partial charge in [0, 0.05) is 16.6 Å². The molecule has 5 heteroatoms. The van der Waals surface area contributed by atoms with Gasteiger partial charge in [-0.15, -0.1) is 0 Å². The Bertz CT molecular complexity index is 811. The molecule has 3 aromatic rings. The molecule has 108 valence electrons. The van der Waals surface area contributed by atoms with Crippen molar-refractivity contribution in [2.75, 3.05) is 12.8 Å². The number of nitrogens with two attached hydrogens (primary N) is 1. The van der Waals surface area contributed by atoms with Crippen LogP contribution in [0.1, 0.15) is 6.92 Å². The number of nitrogens with zero attached hydrogens (tertiary/aromatic N) is 2. The first-order valence-corrected chi connectivity index (χ1v) is 7.53. The minimum atomic E-state index is 0.617. The number of aryl methyl sites for hydroxylation is 1. The highest BCUT2D eigenvalue weighted by atomic mass is 79.9. The predicted molar refractivity (Wildman–Crippen MR) is 89.5 cm³/mol. The summed E-state index contributed by atoms with van der Waals surface area (Å²) < 4.78 is 8.42. The molecule has 2 aromatic carbocycles. The molecule has 0 aliphatic carbocycles. The monoisotopic (exact) mass is 345 g/mol. The molecule has 2 N–H and O–H groups in total. The van der Waals surface area contributed by atoms with Crippen LogP contribution < -0.4 is 10.5 Å². The molecular formula is C16H16BrN3O. The molecule has 4 nitrogen and oxygen atoms in total. The van der Waals surface area contributed by atoms with Crippen molar-refractivity contribution in [2.24, 2.45) is 0 Å². The zero-order valence-corrected chi connectivity index (χ0v) is 13.5. The molecule has 0 radical (unpaired) electrons. The highest BCUT2D eigenvalue weighted by molar-refractivity contribution is 9.10. The number of benzene rings is 2. The topological polar surface area (TPSA) is 53.1 Å². The SMILES string of the molecule is CCn1c(-c2ccc(OC)c(N)c2)nc2cc(Br)ccc21. The Balaban J connectivity index is 2.21. The molecule has 0 saturated carbocycles. The van der Waals surface area contributed by atoms with Gasteiger partial charge in [-0.3, -0.25) is 0 Å². The number of hydrogen-bond acceptors (Lipinski definition) is 3. The third-order valence-corrected chi connectivity index (χ3v) is 4.01. The van der Waals surface area contributed by atoms with Crippen LogP contribution in [0.25, 0.3) is 22.4 Å². The van der Waals surface area contributed by atoms with E-state index in [2.05, 4.69) is 33.5 Å². The third kappa shape index (κ3) is 2.38. The number of imidazole rings is 1. The Morgan fingerprint density at radius 2 is 2.05 bits per heavy atom. The van der Waals surface area contributed by atoms with Gasteiger partial charge in [-0.1, -0.05) is 15.9 Å². The first kappa shape index (κ1) is 13.9. The molecule has 21 heavy (non-hydrogen) atoms. The van der Waals surface area contributed by atoms with E-state index >= 15 is 0 Å². The molecule has 0 saturated heterocycles. The fourth-order valence-electron chi connectivity index (χ4n) is 2.52. The summed E-state index contributed by atoms with van der Waals surface area (Å²) in [6.45, 7) is 2.96. The number of halogens is 1. The molecular weight excluding hydrogens is 330 g/mol. The van der Waals surface area contributed by atoms with E-state index in [9.17, 15) is 0 Å². The van der Waals surface area contributed by atoms with Gasteiger partial charge in [0.15, 0.2) is 0 Å². The summed E-state index contributed by atoms with van der Waals surface area (Å²) in [5.74, 6) is 1.60. The quantitative estimate of drug-likeness (QED) is 0.727. The van der Waals surface area contributed by atoms with Gasteiger partial charge in [0.1, 0.15) is 11.6 Å². The number of nitrogen functional groups attached to an aromatic ring is 1. The highest BCUT2D eigenvalue weighted by Gasteiger charge is 2.13. The van der Waals surface area contributed by atoms with Crippen LogP contribution in [0.3, 0.4) is 0 Å². The summed E-state index contributed by atoms with van der Waals surface area (Å²) in [7, 11) is 1.62. The molecule has 0 atom stereocenters. The van der Waals surface area contributed by atoms with Crippen molar-refractivity contribution >= 4 is 32.7 Å². The summed E-state index contributed by atoms with van der Waals surface area (Å²) in [6, 6.07) is 11.9. The maximum atomic E-state index is 6.01. The van der Waals surface area contributed by atoms with E-state index in [4.69, 9.17) is 15.5 Å². The molecule has 0 unspecified atom stereocenters. The second-order valence-electron chi connectivity index (χ2n) is 4.77. The molecule has 0 amide bonds. The first-order valence-electron chi connectivity index (χ1n) is 6.73. The van der Waals surface area contributed by atoms with E-state index in [0.717, 1.165) is 33.4 Å². The number of anilines is 1. The molecule has 0 fully saturated rings. The number of fused-ring (bicyclic) bond motifs is 1. The minimum Gasteiger partial charge on any atom is -0.495 e. The van der Waals surface area contributed by atoms with Crippen LogP contribution in [0.5, 0.6) is 5.75 Å². The average Bonchev–Trinajstić information content (AvgIpc) is 2.84. The zero-order valence-electron chi connectivity index (χ0n) is 11.9. The molecule has 0 bridgehead atoms. The van der Waals surface area contributed by atoms with Crippen LogP contribution in [-0.2, 0) is 6.54 Å². The van der Waals surface area contributed by atoms with Gasteiger partial charge < -0.3 is 15.0 Å². The third-order valence-electron chi connectivity index (χ3n) is 3.51. The van der Waals surface area contributed by atoms with Gasteiger partial charge in [-0.05, 0) is 43.3 Å². The van der Waals surface area contributed by atoms with Gasteiger partial charge in [0.05, 0.1) is 23.8 Å². The fraction of sp³-hybridized carbons (Fsp3) is 0.188. The minimum absolute atomic E-state index is 0.617. The fourth-order valence-corrected chi connectivity index (χ4v) is 2.87. The summed E-state index contributed by atoms with van der Waals surface area (Å²) in [4.78, 5) is 4.75. The molecule has 3 rings (SSSR count). The normalized spacial score (nSPS) is 11.0. The number of hydrogen-bond donors (Lipinski definition) is 1. The Kier molecular flexibility index (Phi) is 3.59. The Morgan fingerprint density at radius 1 is 1.24 bits per heavy atom. The van der Waals surface area contributed by atoms with Crippen LogP contribution in [-0.4, -0.2) is 16.7 Å². The number of rotatable bonds is 3. The summed E-state index contributed by atoms with van der Waals surface area (Å²) in [5, 5.41) is 0. The Hall–Kier alpha value is -2.01. The van der Waals surface area contributed by atoms with Crippen molar-refractivity contribution < 1.29 is 4.74 Å². The van der Waals surface area contributed by atoms with E-state index in [1.165, 1.54) is 0 Å². The van der Waals surface area contributed by atoms with Crippen molar-refractivity contribution in [3.63, 3.8) is 0 Å². The average molecular weight is 346 g/mol. The molecule has 1 aromatic heterocycles. The van der Waals surface area contributed by atoms with E-state index in [0.29, 0.717) is 11.4 Å². The second kappa shape index (κ2) is 5.41. The van der Waals surface area contributed by atoms with Gasteiger partial charge in [0.2, 0.25) is 0 Å². The van der Waals surface area contributed by atoms with Crippen LogP contribution in [0.15, 0.2) is 40.9 Å². The van der Waals surface area contributed by atoms with E-state index in [-0.39, 0.29) is 0 Å². The lowest BCUT2D eigenvalue weighted by Gasteiger charge is -2.09. The Labute approximate surface area is 131 Å². The van der Waals surface area contributed by atoms with Gasteiger partial charge in [0.25, 0.3) is 0 Å². The summed E-state index contributed by atoms with van der Waals surface area (Å²) in [6.07, 6.45) is 0. The van der Waals surface area contributed by atoms with Crippen LogP contribution in [0.4, 0.5) is 5.69 Å². The van der Waals surface area contributed by atoms with E-state index in [1.807, 2.05) is 30.3 Å². The second-order valence-corrected chi connectivity index (χ2v) is 5.69. The standard InChI is InChI=1S/C16H16BrN3O/c1-3-20-14-6-5-11(17)9-13(14)19-16(20)10-4-7-15(21-2)12(18)8-10/h4-9H,3,18H2,1-2H3. The van der Waals surface area contributed by atoms with Crippen LogP contribution >= 0.6 is 15.9 Å². The first-order chi connectivity index (χ1) is 10.1. The van der Waals surface area contributed by atoms with Crippen molar-refractivity contribution in [1.29, 1.82) is 0 Å². The van der Waals surface area contributed by atoms with Gasteiger partial charge in [-0.2, -0.15) is 0 Å². The number of aromatic nitrogens is 2. The van der Waals surface area contributed by atoms with Crippen molar-refractivity contribution in [3.8, 4) is 17.1 Å². The zero-order chi connectivity index (χ0) is 15.0. The van der Waals surface area contributed by atoms with Gasteiger partial charge in [-0.25, -0.2) is 4.98 Å². The smallest absolute Gasteiger partial charge is 0.141 e. The molecule has 0 aliphatic rings. The maximum Gasteiger partial charge on any atom is 0.141 e. The predicted octanol–water partition coefficient (Wildman–Crippen LogP) is 4.08. The summed E-state index contributed by atoms with van der Waals surface area (Å²) in [5.41, 5.74) is 9.70. The van der Waals surface area contributed by atoms with Crippen molar-refractivity contribution in [1.82, 2.24) is 9.55 Å². The number of ether oxygens (including phenoxy) is 1. The van der Waals surface area contributed by atoms with Crippen LogP contribution in [0, 0.1) is 0 Å². The lowest BCUT2D eigenvalue weighted by molar-refractivity contribution is 0.417. The number of methoxy groups -OCH3 is 1. The largest absolute Gasteiger partial charge is 0.495 e. The van der Waals surface area contributed by atoms with Crippen molar-refractivity contribution in [2.45, 2.75) is 13.5 Å². The van der Waals surface area contributed by atoms with E-state index < -0.39 is 0 Å². The lowest BCUT2D eigenvalue weighted by atomic mass is 10.1. The lowest BCUT2D eigenvalue weighted by Crippen LogP contribution is -1.99. The summed E-state index contributed by atoms with van der Waals surface area (Å²) >= 11 is 3.49. The van der Waals surface area contributed by atoms with Gasteiger partial charge >= 0.3 is 0 Å². The van der Waals surface area contributed by atoms with E-state index in [1.54, 1.807) is 7.11 Å².